The number of carbonyl (C=O) groups is 1. The minimum atomic E-state index is -0.453. The Morgan fingerprint density at radius 2 is 2.12 bits per heavy atom. The van der Waals surface area contributed by atoms with Gasteiger partial charge in [-0.2, -0.15) is 0 Å². The topological polar surface area (TPSA) is 40.5 Å². The van der Waals surface area contributed by atoms with Gasteiger partial charge in [0.05, 0.1) is 12.5 Å². The van der Waals surface area contributed by atoms with Gasteiger partial charge < -0.3 is 10.0 Å². The number of anilines is 1. The Balaban J connectivity index is 2.34. The molecule has 0 aliphatic carbocycles. The Morgan fingerprint density at radius 1 is 1.41 bits per heavy atom. The van der Waals surface area contributed by atoms with Gasteiger partial charge in [0, 0.05) is 12.2 Å². The van der Waals surface area contributed by atoms with E-state index in [1.165, 1.54) is 0 Å². The van der Waals surface area contributed by atoms with Crippen LogP contribution in [0, 0.1) is 5.92 Å². The largest absolute Gasteiger partial charge is 0.388 e. The van der Waals surface area contributed by atoms with Crippen molar-refractivity contribution in [3.05, 3.63) is 29.3 Å². The van der Waals surface area contributed by atoms with Crippen LogP contribution in [-0.4, -0.2) is 17.6 Å². The quantitative estimate of drug-likeness (QED) is 0.870. The van der Waals surface area contributed by atoms with Gasteiger partial charge >= 0.3 is 0 Å². The molecule has 1 aliphatic heterocycles. The maximum absolute atomic E-state index is 11.7. The van der Waals surface area contributed by atoms with E-state index < -0.39 is 6.10 Å². The smallest absolute Gasteiger partial charge is 0.231 e. The Hall–Kier alpha value is -1.35. The molecule has 1 aromatic rings. The van der Waals surface area contributed by atoms with Crippen LogP contribution in [0.4, 0.5) is 5.69 Å². The number of nitrogens with zero attached hydrogens (tertiary/aromatic N) is 1. The van der Waals surface area contributed by atoms with Crippen LogP contribution in [0.3, 0.4) is 0 Å². The highest BCUT2D eigenvalue weighted by molar-refractivity contribution is 6.01. The normalized spacial score (nSPS) is 16.5. The van der Waals surface area contributed by atoms with E-state index >= 15 is 0 Å². The molecule has 1 aromatic carbocycles. The molecule has 0 bridgehead atoms. The first-order valence-electron chi connectivity index (χ1n) is 6.15. The van der Waals surface area contributed by atoms with E-state index in [1.54, 1.807) is 4.90 Å². The van der Waals surface area contributed by atoms with E-state index in [0.29, 0.717) is 13.0 Å². The molecule has 0 spiro atoms. The molecule has 3 nitrogen and oxygen atoms in total. The summed E-state index contributed by atoms with van der Waals surface area (Å²) in [7, 11) is 0. The van der Waals surface area contributed by atoms with Crippen LogP contribution in [0.2, 0.25) is 0 Å². The summed E-state index contributed by atoms with van der Waals surface area (Å²) in [6, 6.07) is 5.84. The zero-order valence-corrected chi connectivity index (χ0v) is 10.6. The van der Waals surface area contributed by atoms with Crippen LogP contribution in [0.5, 0.6) is 0 Å². The van der Waals surface area contributed by atoms with E-state index in [0.717, 1.165) is 16.8 Å². The SMILES string of the molecule is CCN1C(=O)Cc2cc(C(O)C(C)C)ccc21. The molecule has 1 N–H and O–H groups in total. The maximum Gasteiger partial charge on any atom is 0.231 e. The number of likely N-dealkylation sites (N-methyl/N-ethyl adjacent to an activating group) is 1. The van der Waals surface area contributed by atoms with Crippen molar-refractivity contribution in [1.82, 2.24) is 0 Å². The second-order valence-corrected chi connectivity index (χ2v) is 4.89. The highest BCUT2D eigenvalue weighted by Crippen LogP contribution is 2.32. The molecule has 17 heavy (non-hydrogen) atoms. The van der Waals surface area contributed by atoms with Crippen molar-refractivity contribution >= 4 is 11.6 Å². The van der Waals surface area contributed by atoms with Crippen molar-refractivity contribution in [2.45, 2.75) is 33.3 Å². The summed E-state index contributed by atoms with van der Waals surface area (Å²) >= 11 is 0. The van der Waals surface area contributed by atoms with Crippen molar-refractivity contribution in [2.24, 2.45) is 5.92 Å². The molecule has 1 aliphatic rings. The molecule has 0 saturated carbocycles. The van der Waals surface area contributed by atoms with E-state index in [9.17, 15) is 9.90 Å². The molecule has 0 aromatic heterocycles. The van der Waals surface area contributed by atoms with Crippen molar-refractivity contribution in [2.75, 3.05) is 11.4 Å². The third-order valence-electron chi connectivity index (χ3n) is 3.33. The fourth-order valence-corrected chi connectivity index (χ4v) is 2.32. The van der Waals surface area contributed by atoms with Crippen molar-refractivity contribution in [3.8, 4) is 0 Å². The van der Waals surface area contributed by atoms with Crippen LogP contribution in [0.1, 0.15) is 38.0 Å². The Labute approximate surface area is 102 Å². The molecular weight excluding hydrogens is 214 g/mol. The lowest BCUT2D eigenvalue weighted by Crippen LogP contribution is -2.25. The predicted octanol–water partition coefficient (Wildman–Crippen LogP) is 2.29. The average Bonchev–Trinajstić information content (AvgIpc) is 2.61. The molecule has 3 heteroatoms. The van der Waals surface area contributed by atoms with Gasteiger partial charge in [0.1, 0.15) is 0 Å². The third-order valence-corrected chi connectivity index (χ3v) is 3.33. The Kier molecular flexibility index (Phi) is 3.20. The number of aliphatic hydroxyl groups excluding tert-OH is 1. The fourth-order valence-electron chi connectivity index (χ4n) is 2.32. The van der Waals surface area contributed by atoms with E-state index in [-0.39, 0.29) is 11.8 Å². The zero-order chi connectivity index (χ0) is 12.6. The van der Waals surface area contributed by atoms with Crippen LogP contribution in [-0.2, 0) is 11.2 Å². The standard InChI is InChI=1S/C14H19NO2/c1-4-15-12-6-5-10(14(17)9(2)3)7-11(12)8-13(15)16/h5-7,9,14,17H,4,8H2,1-3H3. The number of amides is 1. The number of benzene rings is 1. The molecular formula is C14H19NO2. The summed E-state index contributed by atoms with van der Waals surface area (Å²) in [5.41, 5.74) is 2.94. The van der Waals surface area contributed by atoms with E-state index in [4.69, 9.17) is 0 Å². The van der Waals surface area contributed by atoms with Crippen molar-refractivity contribution in [3.63, 3.8) is 0 Å². The number of hydrogen-bond donors (Lipinski definition) is 1. The van der Waals surface area contributed by atoms with Crippen molar-refractivity contribution < 1.29 is 9.90 Å². The van der Waals surface area contributed by atoms with Gasteiger partial charge in [0.25, 0.3) is 0 Å². The summed E-state index contributed by atoms with van der Waals surface area (Å²) < 4.78 is 0. The van der Waals surface area contributed by atoms with Crippen LogP contribution >= 0.6 is 0 Å². The monoisotopic (exact) mass is 233 g/mol. The van der Waals surface area contributed by atoms with Crippen LogP contribution in [0.15, 0.2) is 18.2 Å². The van der Waals surface area contributed by atoms with Gasteiger partial charge in [-0.05, 0) is 30.0 Å². The molecule has 0 radical (unpaired) electrons. The molecule has 2 rings (SSSR count). The van der Waals surface area contributed by atoms with Gasteiger partial charge in [0.2, 0.25) is 5.91 Å². The predicted molar refractivity (Wildman–Crippen MR) is 68.0 cm³/mol. The summed E-state index contributed by atoms with van der Waals surface area (Å²) in [6.07, 6.45) is 0.00744. The van der Waals surface area contributed by atoms with Gasteiger partial charge in [-0.15, -0.1) is 0 Å². The molecule has 0 saturated heterocycles. The summed E-state index contributed by atoms with van der Waals surface area (Å²) in [6.45, 7) is 6.66. The molecule has 1 heterocycles. The van der Waals surface area contributed by atoms with Gasteiger partial charge in [-0.3, -0.25) is 4.79 Å². The summed E-state index contributed by atoms with van der Waals surface area (Å²) in [5, 5.41) is 10.0. The Morgan fingerprint density at radius 3 is 2.71 bits per heavy atom. The highest BCUT2D eigenvalue weighted by Gasteiger charge is 2.26. The van der Waals surface area contributed by atoms with Gasteiger partial charge in [-0.1, -0.05) is 26.0 Å². The second kappa shape index (κ2) is 4.49. The third kappa shape index (κ3) is 2.07. The number of rotatable bonds is 3. The molecule has 1 unspecified atom stereocenters. The van der Waals surface area contributed by atoms with E-state index in [2.05, 4.69) is 0 Å². The van der Waals surface area contributed by atoms with Gasteiger partial charge in [-0.25, -0.2) is 0 Å². The summed E-state index contributed by atoms with van der Waals surface area (Å²) in [4.78, 5) is 13.5. The molecule has 1 amide bonds. The Bertz CT molecular complexity index is 440. The first kappa shape index (κ1) is 12.1. The van der Waals surface area contributed by atoms with Crippen molar-refractivity contribution in [1.29, 1.82) is 0 Å². The fraction of sp³-hybridized carbons (Fsp3) is 0.500. The summed E-state index contributed by atoms with van der Waals surface area (Å²) in [5.74, 6) is 0.339. The lowest BCUT2D eigenvalue weighted by atomic mass is 9.97. The zero-order valence-electron chi connectivity index (χ0n) is 10.6. The number of hydrogen-bond acceptors (Lipinski definition) is 2. The molecule has 92 valence electrons. The molecule has 1 atom stereocenters. The van der Waals surface area contributed by atoms with Crippen LogP contribution in [0.25, 0.3) is 0 Å². The lowest BCUT2D eigenvalue weighted by molar-refractivity contribution is -0.117. The van der Waals surface area contributed by atoms with E-state index in [1.807, 2.05) is 39.0 Å². The number of aliphatic hydroxyl groups is 1. The van der Waals surface area contributed by atoms with Gasteiger partial charge in [0.15, 0.2) is 0 Å². The second-order valence-electron chi connectivity index (χ2n) is 4.89. The van der Waals surface area contributed by atoms with Crippen LogP contribution < -0.4 is 4.90 Å². The highest BCUT2D eigenvalue weighted by atomic mass is 16.3. The number of fused-ring (bicyclic) bond motifs is 1. The first-order chi connectivity index (χ1) is 8.04. The number of carbonyl (C=O) groups excluding carboxylic acids is 1. The average molecular weight is 233 g/mol. The minimum Gasteiger partial charge on any atom is -0.388 e. The molecule has 0 fully saturated rings. The minimum absolute atomic E-state index is 0.152. The first-order valence-corrected chi connectivity index (χ1v) is 6.15. The maximum atomic E-state index is 11.7. The lowest BCUT2D eigenvalue weighted by Gasteiger charge is -2.18.